The number of urea groups is 1. The lowest BCUT2D eigenvalue weighted by atomic mass is 9.92. The molecule has 0 saturated heterocycles. The van der Waals surface area contributed by atoms with Gasteiger partial charge in [0.1, 0.15) is 18.1 Å². The maximum absolute atomic E-state index is 13.2. The van der Waals surface area contributed by atoms with E-state index < -0.39 is 0 Å². The summed E-state index contributed by atoms with van der Waals surface area (Å²) in [6.07, 6.45) is 0. The maximum atomic E-state index is 13.2. The lowest BCUT2D eigenvalue weighted by molar-refractivity contribution is -0.116. The molecule has 0 aliphatic rings. The van der Waals surface area contributed by atoms with Gasteiger partial charge in [0.15, 0.2) is 0 Å². The molecule has 8 heteroatoms. The monoisotopic (exact) mass is 491 g/mol. The van der Waals surface area contributed by atoms with Crippen molar-refractivity contribution in [2.24, 2.45) is 5.92 Å². The van der Waals surface area contributed by atoms with Crippen LogP contribution in [0.4, 0.5) is 16.3 Å². The summed E-state index contributed by atoms with van der Waals surface area (Å²) in [5.41, 5.74) is 3.18. The molecule has 0 atom stereocenters. The maximum Gasteiger partial charge on any atom is 0.322 e. The fraction of sp³-hybridized carbons (Fsp3) is 0.393. The zero-order chi connectivity index (χ0) is 26.5. The first-order valence-electron chi connectivity index (χ1n) is 12.1. The van der Waals surface area contributed by atoms with E-state index >= 15 is 0 Å². The first-order chi connectivity index (χ1) is 17.0. The van der Waals surface area contributed by atoms with Gasteiger partial charge in [-0.25, -0.2) is 9.48 Å². The second-order valence-corrected chi connectivity index (χ2v) is 10.4. The number of hydrogen-bond donors (Lipinski definition) is 2. The van der Waals surface area contributed by atoms with Crippen molar-refractivity contribution in [3.8, 4) is 11.4 Å². The van der Waals surface area contributed by atoms with Crippen molar-refractivity contribution < 1.29 is 14.3 Å². The molecule has 0 unspecified atom stereocenters. The van der Waals surface area contributed by atoms with E-state index in [4.69, 9.17) is 9.84 Å². The standard InChI is InChI=1S/C28H37N5O3/c1-19(2)17-32(27(35)29-22-10-8-9-11-23(22)36-7)18-26(34)30-25-16-24(28(4,5)6)31-33(25)21-14-12-20(3)13-15-21/h8-16,19H,17-18H2,1-7H3,(H,29,35)(H,30,34). The molecule has 1 aromatic heterocycles. The van der Waals surface area contributed by atoms with E-state index in [-0.39, 0.29) is 29.8 Å². The van der Waals surface area contributed by atoms with Gasteiger partial charge >= 0.3 is 6.03 Å². The Bertz CT molecular complexity index is 1190. The number of carbonyl (C=O) groups excluding carboxylic acids is 2. The summed E-state index contributed by atoms with van der Waals surface area (Å²) < 4.78 is 7.07. The largest absolute Gasteiger partial charge is 0.495 e. The van der Waals surface area contributed by atoms with E-state index in [0.29, 0.717) is 23.8 Å². The van der Waals surface area contributed by atoms with Crippen LogP contribution in [0.2, 0.25) is 0 Å². The zero-order valence-electron chi connectivity index (χ0n) is 22.3. The van der Waals surface area contributed by atoms with Gasteiger partial charge in [0.2, 0.25) is 5.91 Å². The fourth-order valence-corrected chi connectivity index (χ4v) is 3.68. The number of para-hydroxylation sites is 2. The van der Waals surface area contributed by atoms with Gasteiger partial charge in [-0.15, -0.1) is 0 Å². The van der Waals surface area contributed by atoms with Crippen LogP contribution in [0.5, 0.6) is 5.75 Å². The Hall–Kier alpha value is -3.81. The van der Waals surface area contributed by atoms with Crippen molar-refractivity contribution in [3.63, 3.8) is 0 Å². The zero-order valence-corrected chi connectivity index (χ0v) is 22.3. The van der Waals surface area contributed by atoms with Gasteiger partial charge in [-0.2, -0.15) is 5.10 Å². The average molecular weight is 492 g/mol. The molecule has 3 aromatic rings. The van der Waals surface area contributed by atoms with Gasteiger partial charge in [0.05, 0.1) is 24.2 Å². The minimum absolute atomic E-state index is 0.108. The molecule has 0 spiro atoms. The summed E-state index contributed by atoms with van der Waals surface area (Å²) in [5.74, 6) is 0.978. The Balaban J connectivity index is 1.82. The Kier molecular flexibility index (Phi) is 8.40. The predicted molar refractivity (Wildman–Crippen MR) is 144 cm³/mol. The van der Waals surface area contributed by atoms with Crippen molar-refractivity contribution in [2.45, 2.75) is 47.0 Å². The quantitative estimate of drug-likeness (QED) is 0.428. The fourth-order valence-electron chi connectivity index (χ4n) is 3.68. The number of nitrogens with one attached hydrogen (secondary N) is 2. The Labute approximate surface area is 213 Å². The molecule has 0 radical (unpaired) electrons. The van der Waals surface area contributed by atoms with Crippen molar-refractivity contribution in [1.82, 2.24) is 14.7 Å². The number of benzene rings is 2. The van der Waals surface area contributed by atoms with Crippen molar-refractivity contribution >= 4 is 23.4 Å². The summed E-state index contributed by atoms with van der Waals surface area (Å²) in [6.45, 7) is 12.6. The molecule has 2 N–H and O–H groups in total. The van der Waals surface area contributed by atoms with Crippen LogP contribution in [-0.2, 0) is 10.2 Å². The topological polar surface area (TPSA) is 88.5 Å². The molecule has 8 nitrogen and oxygen atoms in total. The number of aromatic nitrogens is 2. The number of rotatable bonds is 8. The number of hydrogen-bond acceptors (Lipinski definition) is 4. The van der Waals surface area contributed by atoms with Crippen LogP contribution in [0.15, 0.2) is 54.6 Å². The third-order valence-corrected chi connectivity index (χ3v) is 5.58. The van der Waals surface area contributed by atoms with E-state index in [1.54, 1.807) is 23.9 Å². The van der Waals surface area contributed by atoms with E-state index in [2.05, 4.69) is 31.4 Å². The van der Waals surface area contributed by atoms with Gasteiger partial charge in [0, 0.05) is 18.0 Å². The summed E-state index contributed by atoms with van der Waals surface area (Å²) in [7, 11) is 1.55. The Morgan fingerprint density at radius 2 is 1.72 bits per heavy atom. The smallest absolute Gasteiger partial charge is 0.322 e. The van der Waals surface area contributed by atoms with Crippen LogP contribution < -0.4 is 15.4 Å². The number of carbonyl (C=O) groups is 2. The van der Waals surface area contributed by atoms with Gasteiger partial charge in [-0.1, -0.05) is 64.4 Å². The summed E-state index contributed by atoms with van der Waals surface area (Å²) in [4.78, 5) is 27.8. The molecule has 0 bridgehead atoms. The van der Waals surface area contributed by atoms with Crippen LogP contribution >= 0.6 is 0 Å². The number of aryl methyl sites for hydroxylation is 1. The minimum atomic E-state index is -0.370. The van der Waals surface area contributed by atoms with E-state index in [9.17, 15) is 9.59 Å². The third-order valence-electron chi connectivity index (χ3n) is 5.58. The van der Waals surface area contributed by atoms with Gasteiger partial charge in [-0.05, 0) is 37.1 Å². The van der Waals surface area contributed by atoms with Crippen LogP contribution in [-0.4, -0.2) is 46.8 Å². The highest BCUT2D eigenvalue weighted by Crippen LogP contribution is 2.27. The highest BCUT2D eigenvalue weighted by atomic mass is 16.5. The van der Waals surface area contributed by atoms with Crippen molar-refractivity contribution in [1.29, 1.82) is 0 Å². The number of nitrogens with zero attached hydrogens (tertiary/aromatic N) is 3. The number of anilines is 2. The van der Waals surface area contributed by atoms with Crippen LogP contribution in [0.3, 0.4) is 0 Å². The molecule has 0 aliphatic heterocycles. The first-order valence-corrected chi connectivity index (χ1v) is 12.1. The molecule has 192 valence electrons. The minimum Gasteiger partial charge on any atom is -0.495 e. The molecular weight excluding hydrogens is 454 g/mol. The molecule has 36 heavy (non-hydrogen) atoms. The molecule has 0 aliphatic carbocycles. The highest BCUT2D eigenvalue weighted by molar-refractivity contribution is 5.97. The third kappa shape index (κ3) is 6.87. The molecular formula is C28H37N5O3. The van der Waals surface area contributed by atoms with Gasteiger partial charge in [0.25, 0.3) is 0 Å². The number of ether oxygens (including phenoxy) is 1. The molecule has 2 aromatic carbocycles. The second kappa shape index (κ2) is 11.3. The van der Waals surface area contributed by atoms with Crippen molar-refractivity contribution in [2.75, 3.05) is 30.8 Å². The van der Waals surface area contributed by atoms with E-state index in [1.807, 2.05) is 63.2 Å². The normalized spacial score (nSPS) is 11.3. The van der Waals surface area contributed by atoms with Gasteiger partial charge in [-0.3, -0.25) is 4.79 Å². The van der Waals surface area contributed by atoms with Crippen LogP contribution in [0.1, 0.15) is 45.9 Å². The lowest BCUT2D eigenvalue weighted by Crippen LogP contribution is -2.42. The number of amides is 3. The molecule has 3 amide bonds. The van der Waals surface area contributed by atoms with Crippen molar-refractivity contribution in [3.05, 3.63) is 65.9 Å². The first kappa shape index (κ1) is 26.8. The molecule has 0 fully saturated rings. The predicted octanol–water partition coefficient (Wildman–Crippen LogP) is 5.62. The Morgan fingerprint density at radius 3 is 2.33 bits per heavy atom. The average Bonchev–Trinajstić information content (AvgIpc) is 3.23. The van der Waals surface area contributed by atoms with E-state index in [1.165, 1.54) is 4.90 Å². The lowest BCUT2D eigenvalue weighted by Gasteiger charge is -2.25. The molecule has 0 saturated carbocycles. The van der Waals surface area contributed by atoms with Crippen LogP contribution in [0, 0.1) is 12.8 Å². The summed E-state index contributed by atoms with van der Waals surface area (Å²) >= 11 is 0. The number of methoxy groups -OCH3 is 1. The summed E-state index contributed by atoms with van der Waals surface area (Å²) in [5, 5.41) is 10.6. The summed E-state index contributed by atoms with van der Waals surface area (Å²) in [6, 6.07) is 16.6. The highest BCUT2D eigenvalue weighted by Gasteiger charge is 2.24. The molecule has 3 rings (SSSR count). The van der Waals surface area contributed by atoms with E-state index in [0.717, 1.165) is 16.9 Å². The second-order valence-electron chi connectivity index (χ2n) is 10.4. The molecule has 1 heterocycles. The Morgan fingerprint density at radius 1 is 1.06 bits per heavy atom. The van der Waals surface area contributed by atoms with Gasteiger partial charge < -0.3 is 20.3 Å². The SMILES string of the molecule is COc1ccccc1NC(=O)N(CC(=O)Nc1cc(C(C)(C)C)nn1-c1ccc(C)cc1)CC(C)C. The van der Waals surface area contributed by atoms with Crippen LogP contribution in [0.25, 0.3) is 5.69 Å².